The number of halogens is 1. The zero-order valence-electron chi connectivity index (χ0n) is 15.7. The Kier molecular flexibility index (Phi) is 7.05. The van der Waals surface area contributed by atoms with E-state index >= 15 is 0 Å². The summed E-state index contributed by atoms with van der Waals surface area (Å²) in [7, 11) is 0. The maximum Gasteiger partial charge on any atom is 0.263 e. The SMILES string of the molecule is N#C/C(=C/NC(c1ccccc1)c1ccccc1)C(=O)NCc1ccccc1Cl. The van der Waals surface area contributed by atoms with Gasteiger partial charge in [0.1, 0.15) is 11.6 Å². The summed E-state index contributed by atoms with van der Waals surface area (Å²) in [5, 5.41) is 16.0. The molecule has 0 saturated carbocycles. The Morgan fingerprint density at radius 3 is 2.03 bits per heavy atom. The minimum absolute atomic E-state index is 0.00563. The van der Waals surface area contributed by atoms with Crippen molar-refractivity contribution in [2.24, 2.45) is 0 Å². The lowest BCUT2D eigenvalue weighted by Crippen LogP contribution is -2.26. The van der Waals surface area contributed by atoms with Crippen LogP contribution in [-0.4, -0.2) is 5.91 Å². The Labute approximate surface area is 175 Å². The summed E-state index contributed by atoms with van der Waals surface area (Å²) in [6.45, 7) is 0.248. The fraction of sp³-hybridized carbons (Fsp3) is 0.0833. The lowest BCUT2D eigenvalue weighted by molar-refractivity contribution is -0.117. The Hall–Kier alpha value is -3.55. The summed E-state index contributed by atoms with van der Waals surface area (Å²) in [6.07, 6.45) is 1.46. The highest BCUT2D eigenvalue weighted by Crippen LogP contribution is 2.22. The third kappa shape index (κ3) is 5.47. The third-order valence-electron chi connectivity index (χ3n) is 4.42. The molecule has 0 aliphatic carbocycles. The molecule has 0 aromatic heterocycles. The Bertz CT molecular complexity index is 987. The van der Waals surface area contributed by atoms with Crippen molar-refractivity contribution in [2.75, 3.05) is 0 Å². The molecule has 3 aromatic carbocycles. The topological polar surface area (TPSA) is 64.9 Å². The van der Waals surface area contributed by atoms with Gasteiger partial charge in [0.2, 0.25) is 0 Å². The van der Waals surface area contributed by atoms with Crippen LogP contribution in [0.25, 0.3) is 0 Å². The fourth-order valence-electron chi connectivity index (χ4n) is 2.90. The zero-order valence-corrected chi connectivity index (χ0v) is 16.4. The van der Waals surface area contributed by atoms with Gasteiger partial charge in [0.25, 0.3) is 5.91 Å². The van der Waals surface area contributed by atoms with E-state index in [-0.39, 0.29) is 18.2 Å². The van der Waals surface area contributed by atoms with E-state index in [0.29, 0.717) is 5.02 Å². The Balaban J connectivity index is 1.75. The number of hydrogen-bond acceptors (Lipinski definition) is 3. The maximum atomic E-state index is 12.5. The molecule has 29 heavy (non-hydrogen) atoms. The van der Waals surface area contributed by atoms with Crippen LogP contribution in [0, 0.1) is 11.3 Å². The van der Waals surface area contributed by atoms with Crippen molar-refractivity contribution in [3.63, 3.8) is 0 Å². The predicted molar refractivity (Wildman–Crippen MR) is 115 cm³/mol. The van der Waals surface area contributed by atoms with E-state index in [1.165, 1.54) is 6.20 Å². The highest BCUT2D eigenvalue weighted by Gasteiger charge is 2.14. The van der Waals surface area contributed by atoms with Gasteiger partial charge in [-0.25, -0.2) is 0 Å². The average Bonchev–Trinajstić information content (AvgIpc) is 2.77. The molecule has 0 bridgehead atoms. The summed E-state index contributed by atoms with van der Waals surface area (Å²) in [6, 6.07) is 28.8. The minimum Gasteiger partial charge on any atom is -0.379 e. The third-order valence-corrected chi connectivity index (χ3v) is 4.79. The molecule has 2 N–H and O–H groups in total. The van der Waals surface area contributed by atoms with Crippen LogP contribution >= 0.6 is 11.6 Å². The van der Waals surface area contributed by atoms with Crippen molar-refractivity contribution in [3.8, 4) is 6.07 Å². The van der Waals surface area contributed by atoms with Gasteiger partial charge in [-0.2, -0.15) is 5.26 Å². The van der Waals surface area contributed by atoms with Crippen LogP contribution in [0.5, 0.6) is 0 Å². The monoisotopic (exact) mass is 401 g/mol. The normalized spacial score (nSPS) is 11.0. The molecule has 3 rings (SSSR count). The van der Waals surface area contributed by atoms with Crippen molar-refractivity contribution in [1.82, 2.24) is 10.6 Å². The summed E-state index contributed by atoms with van der Waals surface area (Å²) in [4.78, 5) is 12.5. The Morgan fingerprint density at radius 1 is 0.931 bits per heavy atom. The van der Waals surface area contributed by atoms with Gasteiger partial charge in [0, 0.05) is 17.8 Å². The molecule has 0 unspecified atom stereocenters. The highest BCUT2D eigenvalue weighted by atomic mass is 35.5. The van der Waals surface area contributed by atoms with Gasteiger partial charge in [-0.05, 0) is 22.8 Å². The first-order valence-corrected chi connectivity index (χ1v) is 9.54. The van der Waals surface area contributed by atoms with Crippen molar-refractivity contribution in [3.05, 3.63) is 118 Å². The van der Waals surface area contributed by atoms with Crippen LogP contribution in [0.4, 0.5) is 0 Å². The summed E-state index contributed by atoms with van der Waals surface area (Å²) < 4.78 is 0. The fourth-order valence-corrected chi connectivity index (χ4v) is 3.11. The lowest BCUT2D eigenvalue weighted by atomic mass is 9.99. The number of nitrogens with zero attached hydrogens (tertiary/aromatic N) is 1. The summed E-state index contributed by atoms with van der Waals surface area (Å²) >= 11 is 6.12. The molecule has 0 aliphatic heterocycles. The van der Waals surface area contributed by atoms with Crippen LogP contribution in [0.2, 0.25) is 5.02 Å². The smallest absolute Gasteiger partial charge is 0.263 e. The van der Waals surface area contributed by atoms with Crippen molar-refractivity contribution in [2.45, 2.75) is 12.6 Å². The number of nitriles is 1. The van der Waals surface area contributed by atoms with Crippen molar-refractivity contribution < 1.29 is 4.79 Å². The second-order valence-corrected chi connectivity index (χ2v) is 6.77. The molecule has 144 valence electrons. The maximum absolute atomic E-state index is 12.5. The number of carbonyl (C=O) groups excluding carboxylic acids is 1. The molecule has 0 saturated heterocycles. The number of hydrogen-bond donors (Lipinski definition) is 2. The van der Waals surface area contributed by atoms with E-state index < -0.39 is 5.91 Å². The van der Waals surface area contributed by atoms with Crippen LogP contribution in [0.15, 0.2) is 96.7 Å². The average molecular weight is 402 g/mol. The van der Waals surface area contributed by atoms with Crippen LogP contribution in [-0.2, 0) is 11.3 Å². The molecule has 0 heterocycles. The van der Waals surface area contributed by atoms with E-state index in [4.69, 9.17) is 11.6 Å². The van der Waals surface area contributed by atoms with Gasteiger partial charge in [-0.3, -0.25) is 4.79 Å². The summed E-state index contributed by atoms with van der Waals surface area (Å²) in [5.74, 6) is -0.459. The number of benzene rings is 3. The predicted octanol–water partition coefficient (Wildman–Crippen LogP) is 4.74. The number of carbonyl (C=O) groups is 1. The second-order valence-electron chi connectivity index (χ2n) is 6.36. The van der Waals surface area contributed by atoms with Crippen LogP contribution in [0.3, 0.4) is 0 Å². The summed E-state index contributed by atoms with van der Waals surface area (Å²) in [5.41, 5.74) is 2.85. The molecule has 1 amide bonds. The van der Waals surface area contributed by atoms with E-state index in [1.807, 2.05) is 84.9 Å². The highest BCUT2D eigenvalue weighted by molar-refractivity contribution is 6.31. The first-order chi connectivity index (χ1) is 14.2. The van der Waals surface area contributed by atoms with Gasteiger partial charge in [0.05, 0.1) is 6.04 Å². The van der Waals surface area contributed by atoms with Crippen LogP contribution < -0.4 is 10.6 Å². The van der Waals surface area contributed by atoms with E-state index in [1.54, 1.807) is 6.07 Å². The largest absolute Gasteiger partial charge is 0.379 e. The Morgan fingerprint density at radius 2 is 1.48 bits per heavy atom. The van der Waals surface area contributed by atoms with Crippen LogP contribution in [0.1, 0.15) is 22.7 Å². The van der Waals surface area contributed by atoms with Gasteiger partial charge in [-0.15, -0.1) is 0 Å². The molecule has 5 heteroatoms. The van der Waals surface area contributed by atoms with E-state index in [9.17, 15) is 10.1 Å². The minimum atomic E-state index is -0.459. The second kappa shape index (κ2) is 10.1. The van der Waals surface area contributed by atoms with Gasteiger partial charge in [-0.1, -0.05) is 90.5 Å². The molecule has 0 radical (unpaired) electrons. The molecule has 0 aliphatic rings. The van der Waals surface area contributed by atoms with E-state index in [0.717, 1.165) is 16.7 Å². The van der Waals surface area contributed by atoms with E-state index in [2.05, 4.69) is 10.6 Å². The molecular weight excluding hydrogens is 382 g/mol. The number of nitrogens with one attached hydrogen (secondary N) is 2. The molecular formula is C24H20ClN3O. The standard InChI is InChI=1S/C24H20ClN3O/c25-22-14-8-7-13-20(22)16-28-24(29)21(15-26)17-27-23(18-9-3-1-4-10-18)19-11-5-2-6-12-19/h1-14,17,23,27H,16H2,(H,28,29)/b21-17-. The molecule has 0 atom stereocenters. The molecule has 0 fully saturated rings. The first-order valence-electron chi connectivity index (χ1n) is 9.17. The number of rotatable bonds is 7. The number of amides is 1. The molecule has 3 aromatic rings. The quantitative estimate of drug-likeness (QED) is 0.443. The molecule has 4 nitrogen and oxygen atoms in total. The zero-order chi connectivity index (χ0) is 20.5. The van der Waals surface area contributed by atoms with Crippen molar-refractivity contribution >= 4 is 17.5 Å². The van der Waals surface area contributed by atoms with Gasteiger partial charge in [0.15, 0.2) is 0 Å². The first kappa shape index (κ1) is 20.2. The lowest BCUT2D eigenvalue weighted by Gasteiger charge is -2.19. The van der Waals surface area contributed by atoms with Gasteiger partial charge < -0.3 is 10.6 Å². The molecule has 0 spiro atoms. The van der Waals surface area contributed by atoms with Gasteiger partial charge >= 0.3 is 0 Å². The van der Waals surface area contributed by atoms with Crippen molar-refractivity contribution in [1.29, 1.82) is 5.26 Å².